The van der Waals surface area contributed by atoms with Gasteiger partial charge in [0.1, 0.15) is 78.5 Å². The number of hydrogen-bond donors (Lipinski definition) is 16. The Morgan fingerprint density at radius 3 is 1.53 bits per heavy atom. The Bertz CT molecular complexity index is 3270. The molecule has 5 aliphatic heterocycles. The number of rotatable bonds is 15. The van der Waals surface area contributed by atoms with Gasteiger partial charge in [0.15, 0.2) is 5.96 Å². The number of hydrogen-bond acceptors (Lipinski definition) is 20. The molecule has 5 heterocycles. The molecular weight excluding hydrogens is 1380 g/mol. The van der Waals surface area contributed by atoms with Crippen molar-refractivity contribution in [3.05, 3.63) is 35.9 Å². The predicted molar refractivity (Wildman–Crippen MR) is 376 cm³/mol. The number of nitrogens with two attached hydrogens (primary N) is 2. The second-order valence-corrected chi connectivity index (χ2v) is 30.1. The number of nitrogens with zero attached hydrogens (tertiary/aromatic N) is 4. The monoisotopic (exact) mass is 1480 g/mol. The van der Waals surface area contributed by atoms with Crippen LogP contribution in [0.1, 0.15) is 125 Å². The highest BCUT2D eigenvalue weighted by Gasteiger charge is 2.46. The lowest BCUT2D eigenvalue weighted by atomic mass is 10.0. The number of carbonyl (C=O) groups is 15. The summed E-state index contributed by atoms with van der Waals surface area (Å²) in [4.78, 5) is 224. The van der Waals surface area contributed by atoms with Gasteiger partial charge in [-0.3, -0.25) is 76.9 Å². The lowest BCUT2D eigenvalue weighted by Crippen LogP contribution is -2.63. The van der Waals surface area contributed by atoms with E-state index in [9.17, 15) is 72.9 Å². The summed E-state index contributed by atoms with van der Waals surface area (Å²) in [6, 6.07) is -11.4. The molecule has 2 bridgehead atoms. The van der Waals surface area contributed by atoms with Crippen molar-refractivity contribution in [1.29, 1.82) is 0 Å². The van der Waals surface area contributed by atoms with Crippen molar-refractivity contribution in [3.8, 4) is 0 Å². The summed E-state index contributed by atoms with van der Waals surface area (Å²) in [5.41, 5.74) is 11.6. The number of aliphatic hydroxyl groups is 2. The summed E-state index contributed by atoms with van der Waals surface area (Å²) in [7, 11) is 1.70. The van der Waals surface area contributed by atoms with Gasteiger partial charge >= 0.3 is 5.97 Å². The molecule has 37 heteroatoms. The van der Waals surface area contributed by atoms with Crippen LogP contribution in [0.15, 0.2) is 35.3 Å². The molecule has 0 radical (unpaired) electrons. The zero-order chi connectivity index (χ0) is 75.9. The van der Waals surface area contributed by atoms with Crippen molar-refractivity contribution >= 4 is 116 Å². The van der Waals surface area contributed by atoms with Crippen LogP contribution in [-0.4, -0.2) is 260 Å². The fraction of sp³-hybridized carbons (Fsp3) is 0.667. The SMILES string of the molecule is CC(C)C[C@@H]1NC(=O)[C@@H]2CCCN2C(=O)[C@@H]2CCCN2C(=O)[C@H](CC(C)C)NC(=O)[C@H](CO)NC(=O)[C@H](C(C)C)NC(=O)[C@H]([C@@H](C)O)NC(=O)[C@@H]2CSSC[C@H](NC1=O)C(=O)N[C@@H](Cc1ccccc1)C(=O)N1CCC[C@H]1C(=O)N[C@@H](CC(=O)O)C(=O)NCC(=O)N[C@@H](CCCN=C(N)N)C(=O)N2. The highest BCUT2D eigenvalue weighted by Crippen LogP contribution is 2.29. The van der Waals surface area contributed by atoms with Gasteiger partial charge in [-0.05, 0) is 94.4 Å². The van der Waals surface area contributed by atoms with E-state index in [0.29, 0.717) is 18.4 Å². The summed E-state index contributed by atoms with van der Waals surface area (Å²) < 4.78 is 0. The highest BCUT2D eigenvalue weighted by atomic mass is 33.1. The topological polar surface area (TPSA) is 523 Å². The van der Waals surface area contributed by atoms with Crippen molar-refractivity contribution in [2.45, 2.75) is 210 Å². The van der Waals surface area contributed by atoms with Crippen molar-refractivity contribution in [1.82, 2.24) is 73.2 Å². The van der Waals surface area contributed by atoms with Gasteiger partial charge in [0, 0.05) is 44.1 Å². The maximum Gasteiger partial charge on any atom is 0.305 e. The first kappa shape index (κ1) is 83.1. The number of amides is 14. The second kappa shape index (κ2) is 39.7. The van der Waals surface area contributed by atoms with E-state index in [1.807, 2.05) is 0 Å². The van der Waals surface area contributed by atoms with E-state index in [0.717, 1.165) is 28.5 Å². The van der Waals surface area contributed by atoms with Crippen LogP contribution in [-0.2, 0) is 78.3 Å². The maximum absolute atomic E-state index is 15.3. The quantitative estimate of drug-likeness (QED) is 0.0339. The summed E-state index contributed by atoms with van der Waals surface area (Å²) in [6.45, 7) is 9.41. The van der Waals surface area contributed by atoms with Gasteiger partial charge in [-0.15, -0.1) is 0 Å². The number of aliphatic hydroxyl groups excluding tert-OH is 2. The molecule has 5 fully saturated rings. The van der Waals surface area contributed by atoms with Crippen LogP contribution >= 0.6 is 21.6 Å². The second-order valence-electron chi connectivity index (χ2n) is 27.5. The molecule has 0 aromatic heterocycles. The molecule has 35 nitrogen and oxygen atoms in total. The molecule has 14 amide bonds. The molecule has 0 saturated carbocycles. The normalized spacial score (nSPS) is 28.4. The number of fused-ring (bicyclic) bond motifs is 8. The molecule has 18 N–H and O–H groups in total. The molecular formula is C66H101N17O18S2. The summed E-state index contributed by atoms with van der Waals surface area (Å²) >= 11 is 0. The van der Waals surface area contributed by atoms with Gasteiger partial charge in [-0.25, -0.2) is 0 Å². The first-order chi connectivity index (χ1) is 48.8. The molecule has 5 aliphatic rings. The van der Waals surface area contributed by atoms with E-state index in [1.54, 1.807) is 58.0 Å². The van der Waals surface area contributed by atoms with Gasteiger partial charge in [0.25, 0.3) is 0 Å². The van der Waals surface area contributed by atoms with E-state index >= 15 is 14.4 Å². The third-order valence-corrected chi connectivity index (χ3v) is 20.5. The van der Waals surface area contributed by atoms with E-state index in [2.05, 4.69) is 63.5 Å². The van der Waals surface area contributed by atoms with Crippen LogP contribution in [0.25, 0.3) is 0 Å². The van der Waals surface area contributed by atoms with Gasteiger partial charge < -0.3 is 100.0 Å². The number of carboxylic acid groups (broad SMARTS) is 1. The van der Waals surface area contributed by atoms with Crippen LogP contribution in [0.3, 0.4) is 0 Å². The van der Waals surface area contributed by atoms with E-state index < -0.39 is 210 Å². The highest BCUT2D eigenvalue weighted by molar-refractivity contribution is 8.76. The number of nitrogens with one attached hydrogen (secondary N) is 11. The Balaban J connectivity index is 1.49. The largest absolute Gasteiger partial charge is 0.481 e. The Morgan fingerprint density at radius 2 is 0.990 bits per heavy atom. The molecule has 1 aromatic carbocycles. The van der Waals surface area contributed by atoms with E-state index in [1.165, 1.54) is 28.5 Å². The molecule has 0 unspecified atom stereocenters. The summed E-state index contributed by atoms with van der Waals surface area (Å²) in [5.74, 6) is -17.2. The molecule has 570 valence electrons. The van der Waals surface area contributed by atoms with Crippen LogP contribution < -0.4 is 70.0 Å². The van der Waals surface area contributed by atoms with Crippen LogP contribution in [0, 0.1) is 17.8 Å². The van der Waals surface area contributed by atoms with E-state index in [-0.39, 0.29) is 102 Å². The number of carboxylic acids is 1. The molecule has 1 aromatic rings. The Morgan fingerprint density at radius 1 is 0.524 bits per heavy atom. The maximum atomic E-state index is 15.3. The van der Waals surface area contributed by atoms with Gasteiger partial charge in [-0.1, -0.05) is 93.5 Å². The lowest BCUT2D eigenvalue weighted by Gasteiger charge is -2.34. The molecule has 0 aliphatic carbocycles. The minimum Gasteiger partial charge on any atom is -0.481 e. The summed E-state index contributed by atoms with van der Waals surface area (Å²) in [6.07, 6.45) is -1.89. The molecule has 14 atom stereocenters. The molecule has 0 spiro atoms. The van der Waals surface area contributed by atoms with Crippen LogP contribution in [0.5, 0.6) is 0 Å². The van der Waals surface area contributed by atoms with E-state index in [4.69, 9.17) is 11.5 Å². The number of carbonyl (C=O) groups excluding carboxylic acids is 14. The number of benzene rings is 1. The van der Waals surface area contributed by atoms with Crippen molar-refractivity contribution in [2.75, 3.05) is 50.8 Å². The molecule has 5 saturated heterocycles. The number of guanidine groups is 1. The zero-order valence-electron chi connectivity index (χ0n) is 59.1. The van der Waals surface area contributed by atoms with Gasteiger partial charge in [0.05, 0.1) is 25.7 Å². The number of aliphatic carboxylic acids is 1. The van der Waals surface area contributed by atoms with Crippen molar-refractivity contribution in [2.24, 2.45) is 34.2 Å². The average molecular weight is 1480 g/mol. The Hall–Kier alpha value is -8.84. The van der Waals surface area contributed by atoms with Crippen LogP contribution in [0.4, 0.5) is 0 Å². The van der Waals surface area contributed by atoms with Gasteiger partial charge in [-0.2, -0.15) is 0 Å². The minimum absolute atomic E-state index is 0.00460. The third kappa shape index (κ3) is 24.4. The smallest absolute Gasteiger partial charge is 0.305 e. The van der Waals surface area contributed by atoms with Crippen molar-refractivity contribution in [3.63, 3.8) is 0 Å². The Kier molecular flexibility index (Phi) is 32.0. The minimum atomic E-state index is -1.93. The standard InChI is InChI=1S/C66H101N17O18S2/c1-33(2)25-39-55(91)78-44-31-102-103-32-45(77-54(90)38(17-11-21-69-66(67)68)71-49(86)29-70-53(89)40(28-50(87)88)73-59(95)46-18-12-22-81(46)64(100)42(75-57(44)93)27-37-15-9-8-10-16-37)58(94)80-52(36(7)85)62(98)79-51(35(5)6)61(97)76-43(30-84)56(92)74-41(26-34(3)4)63(99)83-24-14-20-48(83)65(101)82-23-13-19-47(82)60(96)72-39/h8-10,15-16,33-36,38-48,51-52,84-85H,11-14,17-32H2,1-7H3,(H,70,89)(H,71,86)(H,72,96)(H,73,95)(H,74,92)(H,75,93)(H,76,97)(H,77,90)(H,78,91)(H,79,98)(H,80,94)(H,87,88)(H4,67,68,69)/t36-,38+,39+,40+,41+,42+,43+,44+,45+,46+,47+,48+,51+,52+/m1/s1. The third-order valence-electron chi connectivity index (χ3n) is 18.0. The predicted octanol–water partition coefficient (Wildman–Crippen LogP) is -4.78. The fourth-order valence-electron chi connectivity index (χ4n) is 12.7. The molecule has 103 heavy (non-hydrogen) atoms. The zero-order valence-corrected chi connectivity index (χ0v) is 60.7. The average Bonchev–Trinajstić information content (AvgIpc) is 1.70. The lowest BCUT2D eigenvalue weighted by molar-refractivity contribution is -0.148. The first-order valence-corrected chi connectivity index (χ1v) is 37.3. The molecule has 6 rings (SSSR count). The van der Waals surface area contributed by atoms with Crippen molar-refractivity contribution < 1.29 is 87.2 Å². The summed E-state index contributed by atoms with van der Waals surface area (Å²) in [5, 5.41) is 59.8. The van der Waals surface area contributed by atoms with Crippen LogP contribution in [0.2, 0.25) is 0 Å². The Labute approximate surface area is 605 Å². The van der Waals surface area contributed by atoms with Gasteiger partial charge in [0.2, 0.25) is 82.7 Å². The fourth-order valence-corrected chi connectivity index (χ4v) is 15.1. The number of aliphatic imine (C=N–C) groups is 1. The first-order valence-electron chi connectivity index (χ1n) is 34.8.